The fourth-order valence-electron chi connectivity index (χ4n) is 1.45. The Morgan fingerprint density at radius 1 is 1.21 bits per heavy atom. The molecule has 0 aliphatic rings. The van der Waals surface area contributed by atoms with Crippen LogP contribution < -0.4 is 14.9 Å². The number of aromatic nitrogens is 1. The highest BCUT2D eigenvalue weighted by Crippen LogP contribution is 2.23. The summed E-state index contributed by atoms with van der Waals surface area (Å²) in [5.74, 6) is 0.928. The van der Waals surface area contributed by atoms with Gasteiger partial charge < -0.3 is 10.1 Å². The Morgan fingerprint density at radius 3 is 2.58 bits per heavy atom. The molecule has 0 saturated heterocycles. The van der Waals surface area contributed by atoms with Gasteiger partial charge in [-0.3, -0.25) is 14.6 Å². The average molecular weight is 278 g/mol. The summed E-state index contributed by atoms with van der Waals surface area (Å²) in [6, 6.07) is 10.4. The largest absolute Gasteiger partial charge is 0.457 e. The lowest BCUT2D eigenvalue weighted by Gasteiger charge is -2.07. The standard InChI is InChI=1S/C13H12ClN3O2/c1-15-13(18)12-8-11(6-7-16-12)19-10-4-2-9(17-14)3-5-10/h2-8,17H,1H3,(H,15,18). The molecule has 0 spiro atoms. The number of nitrogens with one attached hydrogen (secondary N) is 2. The van der Waals surface area contributed by atoms with Crippen molar-refractivity contribution in [2.75, 3.05) is 11.9 Å². The molecule has 2 N–H and O–H groups in total. The second-order valence-electron chi connectivity index (χ2n) is 3.68. The zero-order chi connectivity index (χ0) is 13.7. The molecule has 0 aliphatic carbocycles. The molecule has 0 aliphatic heterocycles. The van der Waals surface area contributed by atoms with Crippen LogP contribution in [-0.2, 0) is 0 Å². The van der Waals surface area contributed by atoms with Gasteiger partial charge in [-0.05, 0) is 30.3 Å². The number of nitrogens with zero attached hydrogens (tertiary/aromatic N) is 1. The van der Waals surface area contributed by atoms with Gasteiger partial charge in [0, 0.05) is 36.8 Å². The van der Waals surface area contributed by atoms with Gasteiger partial charge in [0.1, 0.15) is 17.2 Å². The highest BCUT2D eigenvalue weighted by atomic mass is 35.5. The van der Waals surface area contributed by atoms with Crippen molar-refractivity contribution in [3.8, 4) is 11.5 Å². The van der Waals surface area contributed by atoms with E-state index in [1.165, 1.54) is 6.20 Å². The minimum atomic E-state index is -0.257. The second-order valence-corrected chi connectivity index (χ2v) is 3.87. The van der Waals surface area contributed by atoms with E-state index in [0.29, 0.717) is 17.2 Å². The molecule has 1 amide bonds. The Labute approximate surface area is 115 Å². The molecular formula is C13H12ClN3O2. The molecule has 1 heterocycles. The van der Waals surface area contributed by atoms with Gasteiger partial charge in [0.15, 0.2) is 0 Å². The maximum absolute atomic E-state index is 11.4. The van der Waals surface area contributed by atoms with Crippen molar-refractivity contribution in [1.29, 1.82) is 0 Å². The Bertz CT molecular complexity index is 572. The zero-order valence-electron chi connectivity index (χ0n) is 10.2. The fraction of sp³-hybridized carbons (Fsp3) is 0.0769. The SMILES string of the molecule is CNC(=O)c1cc(Oc2ccc(NCl)cc2)ccn1. The minimum Gasteiger partial charge on any atom is -0.457 e. The summed E-state index contributed by atoms with van der Waals surface area (Å²) in [7, 11) is 1.55. The highest BCUT2D eigenvalue weighted by Gasteiger charge is 2.06. The molecule has 19 heavy (non-hydrogen) atoms. The Hall–Kier alpha value is -2.27. The molecule has 2 aromatic rings. The topological polar surface area (TPSA) is 63.2 Å². The lowest BCUT2D eigenvalue weighted by Crippen LogP contribution is -2.18. The second kappa shape index (κ2) is 6.06. The van der Waals surface area contributed by atoms with Gasteiger partial charge in [-0.1, -0.05) is 0 Å². The van der Waals surface area contributed by atoms with Gasteiger partial charge >= 0.3 is 0 Å². The summed E-state index contributed by atoms with van der Waals surface area (Å²) in [5, 5.41) is 2.51. The maximum atomic E-state index is 11.4. The van der Waals surface area contributed by atoms with E-state index in [1.807, 2.05) is 0 Å². The van der Waals surface area contributed by atoms with Crippen molar-refractivity contribution < 1.29 is 9.53 Å². The summed E-state index contributed by atoms with van der Waals surface area (Å²) < 4.78 is 5.62. The molecule has 1 aromatic carbocycles. The third-order valence-electron chi connectivity index (χ3n) is 2.39. The number of halogens is 1. The van der Waals surface area contributed by atoms with Crippen molar-refractivity contribution in [2.24, 2.45) is 0 Å². The first-order valence-electron chi connectivity index (χ1n) is 5.55. The van der Waals surface area contributed by atoms with Crippen LogP contribution in [0.1, 0.15) is 10.5 Å². The summed E-state index contributed by atoms with van der Waals surface area (Å²) in [5.41, 5.74) is 1.08. The molecule has 1 aromatic heterocycles. The summed E-state index contributed by atoms with van der Waals surface area (Å²) in [4.78, 5) is 17.9. The van der Waals surface area contributed by atoms with E-state index >= 15 is 0 Å². The summed E-state index contributed by atoms with van der Waals surface area (Å²) in [6.07, 6.45) is 1.52. The third-order valence-corrected chi connectivity index (χ3v) is 2.61. The monoisotopic (exact) mass is 277 g/mol. The number of hydrogen-bond donors (Lipinski definition) is 2. The predicted octanol–water partition coefficient (Wildman–Crippen LogP) is 2.80. The first kappa shape index (κ1) is 13.2. The molecule has 98 valence electrons. The number of hydrogen-bond acceptors (Lipinski definition) is 4. The molecule has 0 saturated carbocycles. The number of benzene rings is 1. The molecule has 2 rings (SSSR count). The van der Waals surface area contributed by atoms with Gasteiger partial charge in [0.05, 0.1) is 0 Å². The van der Waals surface area contributed by atoms with E-state index in [-0.39, 0.29) is 5.91 Å². The number of carbonyl (C=O) groups is 1. The number of rotatable bonds is 4. The maximum Gasteiger partial charge on any atom is 0.269 e. The van der Waals surface area contributed by atoms with Crippen LogP contribution in [0.25, 0.3) is 0 Å². The first-order valence-corrected chi connectivity index (χ1v) is 5.93. The van der Waals surface area contributed by atoms with Crippen LogP contribution in [-0.4, -0.2) is 17.9 Å². The molecular weight excluding hydrogens is 266 g/mol. The normalized spacial score (nSPS) is 9.79. The van der Waals surface area contributed by atoms with E-state index in [9.17, 15) is 4.79 Å². The summed E-state index contributed by atoms with van der Waals surface area (Å²) in [6.45, 7) is 0. The fourth-order valence-corrected chi connectivity index (χ4v) is 1.57. The van der Waals surface area contributed by atoms with Crippen LogP contribution >= 0.6 is 11.8 Å². The molecule has 5 nitrogen and oxygen atoms in total. The lowest BCUT2D eigenvalue weighted by molar-refractivity contribution is 0.0958. The van der Waals surface area contributed by atoms with Crippen LogP contribution in [0.4, 0.5) is 5.69 Å². The molecule has 0 unspecified atom stereocenters. The number of carbonyl (C=O) groups excluding carboxylic acids is 1. The smallest absolute Gasteiger partial charge is 0.269 e. The van der Waals surface area contributed by atoms with Crippen molar-refractivity contribution >= 4 is 23.4 Å². The minimum absolute atomic E-state index is 0.257. The Kier molecular flexibility index (Phi) is 4.20. The molecule has 0 radical (unpaired) electrons. The van der Waals surface area contributed by atoms with Crippen LogP contribution in [0.3, 0.4) is 0 Å². The van der Waals surface area contributed by atoms with Gasteiger partial charge in [0.25, 0.3) is 5.91 Å². The lowest BCUT2D eigenvalue weighted by atomic mass is 10.3. The quantitative estimate of drug-likeness (QED) is 0.844. The Balaban J connectivity index is 2.16. The molecule has 0 fully saturated rings. The highest BCUT2D eigenvalue weighted by molar-refractivity contribution is 6.23. The van der Waals surface area contributed by atoms with Gasteiger partial charge in [-0.2, -0.15) is 0 Å². The van der Waals surface area contributed by atoms with E-state index in [2.05, 4.69) is 15.1 Å². The van der Waals surface area contributed by atoms with Crippen molar-refractivity contribution in [2.45, 2.75) is 0 Å². The van der Waals surface area contributed by atoms with Crippen LogP contribution in [0.5, 0.6) is 11.5 Å². The van der Waals surface area contributed by atoms with E-state index < -0.39 is 0 Å². The zero-order valence-corrected chi connectivity index (χ0v) is 10.9. The van der Waals surface area contributed by atoms with Gasteiger partial charge in [-0.25, -0.2) is 0 Å². The van der Waals surface area contributed by atoms with E-state index in [4.69, 9.17) is 16.5 Å². The number of pyridine rings is 1. The van der Waals surface area contributed by atoms with Crippen LogP contribution in [0.2, 0.25) is 0 Å². The van der Waals surface area contributed by atoms with Crippen molar-refractivity contribution in [3.63, 3.8) is 0 Å². The molecule has 0 bridgehead atoms. The van der Waals surface area contributed by atoms with Crippen LogP contribution in [0.15, 0.2) is 42.6 Å². The van der Waals surface area contributed by atoms with Gasteiger partial charge in [0.2, 0.25) is 0 Å². The predicted molar refractivity (Wildman–Crippen MR) is 73.6 cm³/mol. The van der Waals surface area contributed by atoms with Crippen LogP contribution in [0, 0.1) is 0 Å². The number of anilines is 1. The van der Waals surface area contributed by atoms with E-state index in [0.717, 1.165) is 5.69 Å². The van der Waals surface area contributed by atoms with E-state index in [1.54, 1.807) is 43.4 Å². The van der Waals surface area contributed by atoms with Crippen molar-refractivity contribution in [3.05, 3.63) is 48.3 Å². The average Bonchev–Trinajstić information content (AvgIpc) is 2.47. The molecule has 6 heteroatoms. The van der Waals surface area contributed by atoms with Gasteiger partial charge in [-0.15, -0.1) is 0 Å². The third kappa shape index (κ3) is 3.35. The first-order chi connectivity index (χ1) is 9.22. The summed E-state index contributed by atoms with van der Waals surface area (Å²) >= 11 is 5.47. The number of ether oxygens (including phenoxy) is 1. The Morgan fingerprint density at radius 2 is 1.95 bits per heavy atom. The number of amides is 1. The molecule has 0 atom stereocenters. The van der Waals surface area contributed by atoms with Crippen molar-refractivity contribution in [1.82, 2.24) is 10.3 Å².